The number of fused-ring (bicyclic) bond motifs is 1. The smallest absolute Gasteiger partial charge is 0.309 e. The number of sulfonamides is 1. The molecule has 0 aliphatic carbocycles. The van der Waals surface area contributed by atoms with Crippen molar-refractivity contribution in [2.24, 2.45) is 5.41 Å². The Bertz CT molecular complexity index is 1420. The standard InChI is InChI=1S/C27H27F2NO5S/c1-17-5-4-6-21(13-17)36(33,34)30-16-20(11-12-27(2,3)26(31)32)35-25-10-7-18(14-24(25)30)22-15-19(28)8-9-23(22)29/h4-10,13-15,20H,11-12,16H2,1-3H3,(H,31,32)/t20-/m0/s1. The van der Waals surface area contributed by atoms with Crippen LogP contribution in [0.25, 0.3) is 11.1 Å². The van der Waals surface area contributed by atoms with Crippen molar-refractivity contribution >= 4 is 21.7 Å². The van der Waals surface area contributed by atoms with Gasteiger partial charge in [0, 0.05) is 5.56 Å². The van der Waals surface area contributed by atoms with Gasteiger partial charge in [-0.25, -0.2) is 17.2 Å². The van der Waals surface area contributed by atoms with Crippen molar-refractivity contribution in [2.75, 3.05) is 10.8 Å². The molecule has 1 N–H and O–H groups in total. The second kappa shape index (κ2) is 9.54. The predicted molar refractivity (Wildman–Crippen MR) is 133 cm³/mol. The summed E-state index contributed by atoms with van der Waals surface area (Å²) < 4.78 is 63.2. The number of anilines is 1. The number of rotatable bonds is 7. The highest BCUT2D eigenvalue weighted by Gasteiger charge is 2.37. The van der Waals surface area contributed by atoms with Crippen molar-refractivity contribution in [3.8, 4) is 16.9 Å². The van der Waals surface area contributed by atoms with Gasteiger partial charge in [-0.2, -0.15) is 0 Å². The SMILES string of the molecule is Cc1cccc(S(=O)(=O)N2C[C@H](CCC(C)(C)C(=O)O)Oc3ccc(-c4cc(F)ccc4F)cc32)c1. The maximum Gasteiger partial charge on any atom is 0.309 e. The van der Waals surface area contributed by atoms with Gasteiger partial charge in [-0.15, -0.1) is 0 Å². The number of carboxylic acids is 1. The van der Waals surface area contributed by atoms with Crippen LogP contribution in [-0.4, -0.2) is 32.1 Å². The number of carbonyl (C=O) groups is 1. The number of nitrogens with zero attached hydrogens (tertiary/aromatic N) is 1. The molecule has 0 radical (unpaired) electrons. The maximum atomic E-state index is 14.5. The Morgan fingerprint density at radius 3 is 2.56 bits per heavy atom. The summed E-state index contributed by atoms with van der Waals surface area (Å²) >= 11 is 0. The lowest BCUT2D eigenvalue weighted by atomic mass is 9.86. The van der Waals surface area contributed by atoms with Gasteiger partial charge in [-0.1, -0.05) is 18.2 Å². The van der Waals surface area contributed by atoms with E-state index in [1.165, 1.54) is 28.6 Å². The van der Waals surface area contributed by atoms with Gasteiger partial charge in [0.25, 0.3) is 10.0 Å². The van der Waals surface area contributed by atoms with Crippen molar-refractivity contribution in [3.05, 3.63) is 77.9 Å². The molecule has 9 heteroatoms. The van der Waals surface area contributed by atoms with Crippen LogP contribution in [0.4, 0.5) is 14.5 Å². The molecule has 0 saturated carbocycles. The van der Waals surface area contributed by atoms with Crippen LogP contribution < -0.4 is 9.04 Å². The quantitative estimate of drug-likeness (QED) is 0.431. The maximum absolute atomic E-state index is 14.5. The molecule has 4 rings (SSSR count). The molecule has 0 unspecified atom stereocenters. The third-order valence-corrected chi connectivity index (χ3v) is 8.15. The fraction of sp³-hybridized carbons (Fsp3) is 0.296. The van der Waals surface area contributed by atoms with Crippen molar-refractivity contribution in [2.45, 2.75) is 44.6 Å². The highest BCUT2D eigenvalue weighted by atomic mass is 32.2. The second-order valence-corrected chi connectivity index (χ2v) is 11.5. The molecule has 0 saturated heterocycles. The minimum Gasteiger partial charge on any atom is -0.486 e. The number of ether oxygens (including phenoxy) is 1. The summed E-state index contributed by atoms with van der Waals surface area (Å²) in [5, 5.41) is 9.46. The zero-order valence-electron chi connectivity index (χ0n) is 20.2. The molecule has 3 aromatic rings. The second-order valence-electron chi connectivity index (χ2n) is 9.63. The fourth-order valence-electron chi connectivity index (χ4n) is 4.11. The van der Waals surface area contributed by atoms with Crippen LogP contribution in [0.3, 0.4) is 0 Å². The van der Waals surface area contributed by atoms with Gasteiger partial charge in [0.2, 0.25) is 0 Å². The van der Waals surface area contributed by atoms with Gasteiger partial charge < -0.3 is 9.84 Å². The van der Waals surface area contributed by atoms with E-state index in [9.17, 15) is 27.1 Å². The van der Waals surface area contributed by atoms with Crippen LogP contribution in [0.5, 0.6) is 5.75 Å². The van der Waals surface area contributed by atoms with Crippen LogP contribution >= 0.6 is 0 Å². The summed E-state index contributed by atoms with van der Waals surface area (Å²) in [5.74, 6) is -1.96. The van der Waals surface area contributed by atoms with E-state index in [0.29, 0.717) is 12.0 Å². The summed E-state index contributed by atoms with van der Waals surface area (Å²) in [6.45, 7) is 4.93. The van der Waals surface area contributed by atoms with Crippen LogP contribution in [-0.2, 0) is 14.8 Å². The van der Waals surface area contributed by atoms with Crippen LogP contribution in [0.15, 0.2) is 65.6 Å². The number of carboxylic acid groups (broad SMARTS) is 1. The molecule has 36 heavy (non-hydrogen) atoms. The first-order chi connectivity index (χ1) is 16.9. The average molecular weight is 516 g/mol. The van der Waals surface area contributed by atoms with E-state index < -0.39 is 39.1 Å². The van der Waals surface area contributed by atoms with Gasteiger partial charge in [0.15, 0.2) is 0 Å². The summed E-state index contributed by atoms with van der Waals surface area (Å²) in [6.07, 6.45) is -0.0287. The number of halogens is 2. The lowest BCUT2D eigenvalue weighted by Gasteiger charge is -2.36. The highest BCUT2D eigenvalue weighted by Crippen LogP contribution is 2.41. The molecule has 190 valence electrons. The number of aryl methyl sites for hydroxylation is 1. The Morgan fingerprint density at radius 1 is 1.11 bits per heavy atom. The highest BCUT2D eigenvalue weighted by molar-refractivity contribution is 7.92. The van der Waals surface area contributed by atoms with Crippen molar-refractivity contribution < 1.29 is 31.8 Å². The lowest BCUT2D eigenvalue weighted by Crippen LogP contribution is -2.44. The van der Waals surface area contributed by atoms with Crippen LogP contribution in [0.1, 0.15) is 32.3 Å². The lowest BCUT2D eigenvalue weighted by molar-refractivity contribution is -0.147. The number of hydrogen-bond acceptors (Lipinski definition) is 4. The molecule has 1 atom stereocenters. The van der Waals surface area contributed by atoms with Crippen molar-refractivity contribution in [1.29, 1.82) is 0 Å². The average Bonchev–Trinajstić information content (AvgIpc) is 2.83. The number of aliphatic carboxylic acids is 1. The van der Waals surface area contributed by atoms with Gasteiger partial charge in [-0.3, -0.25) is 9.10 Å². The minimum atomic E-state index is -4.05. The first-order valence-electron chi connectivity index (χ1n) is 11.5. The van der Waals surface area contributed by atoms with Crippen LogP contribution in [0.2, 0.25) is 0 Å². The summed E-state index contributed by atoms with van der Waals surface area (Å²) in [6, 6.07) is 14.1. The molecule has 1 aliphatic rings. The van der Waals surface area contributed by atoms with Crippen LogP contribution in [0, 0.1) is 24.0 Å². The Kier molecular flexibility index (Phi) is 6.79. The minimum absolute atomic E-state index is 0.00367. The summed E-state index contributed by atoms with van der Waals surface area (Å²) in [5.41, 5.74) is 0.245. The topological polar surface area (TPSA) is 83.9 Å². The van der Waals surface area contributed by atoms with E-state index in [4.69, 9.17) is 4.74 Å². The third kappa shape index (κ3) is 5.06. The molecule has 3 aromatic carbocycles. The molecule has 6 nitrogen and oxygen atoms in total. The van der Waals surface area contributed by atoms with E-state index in [-0.39, 0.29) is 34.9 Å². The van der Waals surface area contributed by atoms with Crippen molar-refractivity contribution in [1.82, 2.24) is 0 Å². The van der Waals surface area contributed by atoms with Gasteiger partial charge in [0.05, 0.1) is 22.5 Å². The molecular weight excluding hydrogens is 488 g/mol. The molecule has 0 bridgehead atoms. The Morgan fingerprint density at radius 2 is 1.86 bits per heavy atom. The Labute approximate surface area is 209 Å². The first-order valence-corrected chi connectivity index (χ1v) is 12.9. The third-order valence-electron chi connectivity index (χ3n) is 6.38. The largest absolute Gasteiger partial charge is 0.486 e. The molecule has 0 spiro atoms. The Balaban J connectivity index is 1.79. The van der Waals surface area contributed by atoms with E-state index >= 15 is 0 Å². The van der Waals surface area contributed by atoms with E-state index in [1.807, 2.05) is 0 Å². The van der Waals surface area contributed by atoms with E-state index in [2.05, 4.69) is 0 Å². The van der Waals surface area contributed by atoms with Gasteiger partial charge >= 0.3 is 5.97 Å². The molecule has 1 heterocycles. The molecule has 0 aromatic heterocycles. The zero-order chi connectivity index (χ0) is 26.3. The normalized spacial score (nSPS) is 15.8. The van der Waals surface area contributed by atoms with E-state index in [0.717, 1.165) is 23.8 Å². The van der Waals surface area contributed by atoms with Crippen molar-refractivity contribution in [3.63, 3.8) is 0 Å². The van der Waals surface area contributed by atoms with E-state index in [1.54, 1.807) is 39.0 Å². The number of hydrogen-bond donors (Lipinski definition) is 1. The Hall–Kier alpha value is -3.46. The monoisotopic (exact) mass is 515 g/mol. The fourth-order valence-corrected chi connectivity index (χ4v) is 5.71. The molecule has 0 amide bonds. The molecular formula is C27H27F2NO5S. The van der Waals surface area contributed by atoms with Gasteiger partial charge in [-0.05, 0) is 87.2 Å². The number of benzene rings is 3. The van der Waals surface area contributed by atoms with Gasteiger partial charge in [0.1, 0.15) is 23.5 Å². The first kappa shape index (κ1) is 25.6. The summed E-state index contributed by atoms with van der Waals surface area (Å²) in [7, 11) is -4.05. The predicted octanol–water partition coefficient (Wildman–Crippen LogP) is 5.79. The zero-order valence-corrected chi connectivity index (χ0v) is 21.0. The molecule has 0 fully saturated rings. The molecule has 1 aliphatic heterocycles. The summed E-state index contributed by atoms with van der Waals surface area (Å²) in [4.78, 5) is 11.6.